The van der Waals surface area contributed by atoms with Crippen molar-refractivity contribution in [2.75, 3.05) is 7.05 Å². The third kappa shape index (κ3) is 3.70. The number of nitrogens with zero attached hydrogens (tertiary/aromatic N) is 4. The van der Waals surface area contributed by atoms with E-state index >= 15 is 0 Å². The molecule has 0 aliphatic carbocycles. The molecule has 146 valence electrons. The Balaban J connectivity index is 1.97. The Kier molecular flexibility index (Phi) is 4.86. The van der Waals surface area contributed by atoms with Gasteiger partial charge in [0.25, 0.3) is 5.56 Å². The number of benzene rings is 1. The van der Waals surface area contributed by atoms with Gasteiger partial charge < -0.3 is 5.32 Å². The first-order chi connectivity index (χ1) is 13.2. The van der Waals surface area contributed by atoms with Crippen molar-refractivity contribution in [1.82, 2.24) is 30.0 Å². The van der Waals surface area contributed by atoms with Gasteiger partial charge >= 0.3 is 12.2 Å². The average Bonchev–Trinajstić information content (AvgIpc) is 3.08. The largest absolute Gasteiger partial charge is 0.416 e. The minimum atomic E-state index is -4.53. The molecule has 0 aliphatic heterocycles. The molecule has 3 aromatic rings. The van der Waals surface area contributed by atoms with Crippen LogP contribution >= 0.6 is 0 Å². The Labute approximate surface area is 154 Å². The summed E-state index contributed by atoms with van der Waals surface area (Å²) in [5.41, 5.74) is -1.39. The van der Waals surface area contributed by atoms with Crippen LogP contribution in [0, 0.1) is 0 Å². The van der Waals surface area contributed by atoms with Crippen molar-refractivity contribution in [2.45, 2.75) is 12.7 Å². The average molecular weight is 394 g/mol. The lowest BCUT2D eigenvalue weighted by Gasteiger charge is -2.09. The van der Waals surface area contributed by atoms with E-state index in [1.165, 1.54) is 19.2 Å². The fraction of sp³-hybridized carbons (Fsp3) is 0.188. The van der Waals surface area contributed by atoms with Crippen molar-refractivity contribution >= 4 is 23.0 Å². The standard InChI is InChI=1S/C16H13F3N6O3/c1-20-15(28)23-12(26)7-24-8-21-13-11(14(24)27)6-22-25(13)10-4-2-3-9(5-10)16(17,18)19/h2-6,8H,7H2,1H3,(H2,20,23,26,28). The number of nitrogens with one attached hydrogen (secondary N) is 2. The van der Waals surface area contributed by atoms with Gasteiger partial charge in [0.1, 0.15) is 18.3 Å². The first kappa shape index (κ1) is 19.1. The van der Waals surface area contributed by atoms with Crippen LogP contribution in [0.5, 0.6) is 0 Å². The maximum Gasteiger partial charge on any atom is 0.416 e. The zero-order valence-electron chi connectivity index (χ0n) is 14.3. The van der Waals surface area contributed by atoms with E-state index in [-0.39, 0.29) is 16.7 Å². The molecule has 2 heterocycles. The predicted molar refractivity (Wildman–Crippen MR) is 90.7 cm³/mol. The van der Waals surface area contributed by atoms with Crippen molar-refractivity contribution in [3.63, 3.8) is 0 Å². The molecule has 0 spiro atoms. The van der Waals surface area contributed by atoms with E-state index < -0.39 is 35.8 Å². The monoisotopic (exact) mass is 394 g/mol. The molecule has 0 radical (unpaired) electrons. The molecule has 12 heteroatoms. The van der Waals surface area contributed by atoms with Gasteiger partial charge in [-0.2, -0.15) is 18.3 Å². The van der Waals surface area contributed by atoms with E-state index in [1.54, 1.807) is 0 Å². The quantitative estimate of drug-likeness (QED) is 0.690. The van der Waals surface area contributed by atoms with Crippen molar-refractivity contribution in [3.05, 3.63) is 52.7 Å². The molecule has 0 unspecified atom stereocenters. The molecule has 0 fully saturated rings. The van der Waals surface area contributed by atoms with Crippen LogP contribution < -0.4 is 16.2 Å². The second-order valence-electron chi connectivity index (χ2n) is 5.65. The van der Waals surface area contributed by atoms with Crippen LogP contribution in [0.4, 0.5) is 18.0 Å². The van der Waals surface area contributed by atoms with Crippen LogP contribution in [0.1, 0.15) is 5.56 Å². The highest BCUT2D eigenvalue weighted by Gasteiger charge is 2.30. The number of halogens is 3. The summed E-state index contributed by atoms with van der Waals surface area (Å²) in [6.07, 6.45) is -2.32. The van der Waals surface area contributed by atoms with Gasteiger partial charge in [-0.1, -0.05) is 6.07 Å². The number of carbonyl (C=O) groups excluding carboxylic acids is 2. The molecule has 0 saturated heterocycles. The number of hydrogen-bond acceptors (Lipinski definition) is 5. The number of amides is 3. The number of alkyl halides is 3. The van der Waals surface area contributed by atoms with Gasteiger partial charge in [-0.05, 0) is 18.2 Å². The van der Waals surface area contributed by atoms with Crippen molar-refractivity contribution in [2.24, 2.45) is 0 Å². The van der Waals surface area contributed by atoms with E-state index in [0.717, 1.165) is 33.9 Å². The van der Waals surface area contributed by atoms with Crippen molar-refractivity contribution < 1.29 is 22.8 Å². The maximum absolute atomic E-state index is 12.9. The van der Waals surface area contributed by atoms with E-state index in [2.05, 4.69) is 15.4 Å². The third-order valence-corrected chi connectivity index (χ3v) is 3.77. The van der Waals surface area contributed by atoms with Gasteiger partial charge in [0, 0.05) is 7.05 Å². The van der Waals surface area contributed by atoms with Gasteiger partial charge in [0.05, 0.1) is 17.4 Å². The summed E-state index contributed by atoms with van der Waals surface area (Å²) in [5, 5.41) is 8.14. The number of hydrogen-bond donors (Lipinski definition) is 2. The minimum absolute atomic E-state index is 0.00709. The second-order valence-corrected chi connectivity index (χ2v) is 5.65. The number of imide groups is 1. The number of fused-ring (bicyclic) bond motifs is 1. The topological polar surface area (TPSA) is 111 Å². The van der Waals surface area contributed by atoms with Crippen LogP contribution in [0.3, 0.4) is 0 Å². The first-order valence-corrected chi connectivity index (χ1v) is 7.83. The molecule has 9 nitrogen and oxygen atoms in total. The van der Waals surface area contributed by atoms with Crippen LogP contribution in [-0.2, 0) is 17.5 Å². The van der Waals surface area contributed by atoms with Gasteiger partial charge in [-0.25, -0.2) is 14.5 Å². The molecule has 3 rings (SSSR count). The second kappa shape index (κ2) is 7.13. The fourth-order valence-corrected chi connectivity index (χ4v) is 2.45. The molecule has 0 saturated carbocycles. The van der Waals surface area contributed by atoms with Crippen LogP contribution in [0.15, 0.2) is 41.6 Å². The van der Waals surface area contributed by atoms with Crippen molar-refractivity contribution in [3.8, 4) is 5.69 Å². The Morgan fingerprint density at radius 3 is 2.68 bits per heavy atom. The summed E-state index contributed by atoms with van der Waals surface area (Å²) in [5.74, 6) is -0.743. The smallest absolute Gasteiger partial charge is 0.341 e. The van der Waals surface area contributed by atoms with Gasteiger partial charge in [0.15, 0.2) is 5.65 Å². The number of urea groups is 1. The van der Waals surface area contributed by atoms with Gasteiger partial charge in [-0.15, -0.1) is 0 Å². The number of carbonyl (C=O) groups is 2. The summed E-state index contributed by atoms with van der Waals surface area (Å²) < 4.78 is 40.8. The van der Waals surface area contributed by atoms with E-state index in [0.29, 0.717) is 0 Å². The minimum Gasteiger partial charge on any atom is -0.341 e. The van der Waals surface area contributed by atoms with Crippen LogP contribution in [0.2, 0.25) is 0 Å². The summed E-state index contributed by atoms with van der Waals surface area (Å²) in [4.78, 5) is 39.4. The molecule has 2 N–H and O–H groups in total. The lowest BCUT2D eigenvalue weighted by Crippen LogP contribution is -2.40. The lowest BCUT2D eigenvalue weighted by atomic mass is 10.2. The maximum atomic E-state index is 12.9. The summed E-state index contributed by atoms with van der Waals surface area (Å²) in [7, 11) is 1.32. The normalized spacial score (nSPS) is 11.4. The van der Waals surface area contributed by atoms with Crippen molar-refractivity contribution in [1.29, 1.82) is 0 Å². The van der Waals surface area contributed by atoms with Gasteiger partial charge in [0.2, 0.25) is 5.91 Å². The SMILES string of the molecule is CNC(=O)NC(=O)Cn1cnc2c(cnn2-c2cccc(C(F)(F)F)c2)c1=O. The summed E-state index contributed by atoms with van der Waals surface area (Å²) >= 11 is 0. The summed E-state index contributed by atoms with van der Waals surface area (Å²) in [6, 6.07) is 3.68. The molecule has 1 aromatic carbocycles. The first-order valence-electron chi connectivity index (χ1n) is 7.83. The van der Waals surface area contributed by atoms with Crippen LogP contribution in [-0.4, -0.2) is 38.3 Å². The highest BCUT2D eigenvalue weighted by Crippen LogP contribution is 2.30. The molecular weight excluding hydrogens is 381 g/mol. The zero-order valence-corrected chi connectivity index (χ0v) is 14.3. The highest BCUT2D eigenvalue weighted by molar-refractivity contribution is 5.94. The third-order valence-electron chi connectivity index (χ3n) is 3.77. The number of aromatic nitrogens is 4. The molecule has 0 bridgehead atoms. The molecule has 0 aliphatic rings. The molecule has 2 aromatic heterocycles. The Bertz CT molecular complexity index is 1120. The predicted octanol–water partition coefficient (Wildman–Crippen LogP) is 1.06. The highest BCUT2D eigenvalue weighted by atomic mass is 19.4. The molecule has 0 atom stereocenters. The molecular formula is C16H13F3N6O3. The van der Waals surface area contributed by atoms with E-state index in [4.69, 9.17) is 0 Å². The Hall–Kier alpha value is -3.70. The molecule has 3 amide bonds. The lowest BCUT2D eigenvalue weighted by molar-refractivity contribution is -0.137. The van der Waals surface area contributed by atoms with E-state index in [9.17, 15) is 27.6 Å². The number of rotatable bonds is 3. The Morgan fingerprint density at radius 1 is 1.25 bits per heavy atom. The van der Waals surface area contributed by atoms with E-state index in [1.807, 2.05) is 5.32 Å². The Morgan fingerprint density at radius 2 is 2.00 bits per heavy atom. The summed E-state index contributed by atoms with van der Waals surface area (Å²) in [6.45, 7) is -0.468. The van der Waals surface area contributed by atoms with Gasteiger partial charge in [-0.3, -0.25) is 19.5 Å². The molecule has 28 heavy (non-hydrogen) atoms. The fourth-order valence-electron chi connectivity index (χ4n) is 2.45. The van der Waals surface area contributed by atoms with Crippen LogP contribution in [0.25, 0.3) is 16.7 Å². The zero-order chi connectivity index (χ0) is 20.5.